The largest absolute Gasteiger partial charge is 0.294 e. The molecule has 0 saturated carbocycles. The minimum Gasteiger partial charge on any atom is -0.294 e. The van der Waals surface area contributed by atoms with Gasteiger partial charge >= 0.3 is 0 Å². The number of amides is 1. The predicted molar refractivity (Wildman–Crippen MR) is 98.1 cm³/mol. The van der Waals surface area contributed by atoms with Crippen molar-refractivity contribution in [1.29, 1.82) is 0 Å². The third-order valence-electron chi connectivity index (χ3n) is 3.80. The van der Waals surface area contributed by atoms with Crippen LogP contribution in [0.3, 0.4) is 0 Å². The molecule has 26 heavy (non-hydrogen) atoms. The summed E-state index contributed by atoms with van der Waals surface area (Å²) in [5.41, 5.74) is 2.23. The van der Waals surface area contributed by atoms with Gasteiger partial charge in [0, 0.05) is 0 Å². The minimum atomic E-state index is -0.402. The van der Waals surface area contributed by atoms with E-state index in [4.69, 9.17) is 0 Å². The Morgan fingerprint density at radius 3 is 2.19 bits per heavy atom. The van der Waals surface area contributed by atoms with E-state index in [2.05, 4.69) is 55.0 Å². The zero-order valence-electron chi connectivity index (χ0n) is 13.5. The Kier molecular flexibility index (Phi) is 4.48. The third kappa shape index (κ3) is 3.35. The van der Waals surface area contributed by atoms with Gasteiger partial charge in [-0.1, -0.05) is 72.0 Å². The Labute approximate surface area is 153 Å². The highest BCUT2D eigenvalue weighted by Crippen LogP contribution is 2.34. The smallest absolute Gasteiger partial charge is 0.294 e. The number of aromatic nitrogens is 5. The Bertz CT molecular complexity index is 945. The van der Waals surface area contributed by atoms with Gasteiger partial charge in [0.15, 0.2) is 0 Å². The molecule has 0 aliphatic heterocycles. The highest BCUT2D eigenvalue weighted by atomic mass is 32.1. The van der Waals surface area contributed by atoms with Gasteiger partial charge in [0.2, 0.25) is 11.0 Å². The second-order valence-corrected chi connectivity index (χ2v) is 6.50. The van der Waals surface area contributed by atoms with Gasteiger partial charge in [-0.2, -0.15) is 5.10 Å². The maximum Gasteiger partial charge on any atom is 0.294 e. The van der Waals surface area contributed by atoms with Crippen LogP contribution in [0.2, 0.25) is 0 Å². The molecule has 0 unspecified atom stereocenters. The number of rotatable bonds is 5. The van der Waals surface area contributed by atoms with E-state index in [1.807, 2.05) is 36.4 Å². The Hall–Kier alpha value is -3.39. The van der Waals surface area contributed by atoms with Gasteiger partial charge in [-0.15, -0.1) is 10.2 Å². The van der Waals surface area contributed by atoms with E-state index in [0.29, 0.717) is 5.13 Å². The highest BCUT2D eigenvalue weighted by molar-refractivity contribution is 7.15. The van der Waals surface area contributed by atoms with Crippen LogP contribution in [0.25, 0.3) is 0 Å². The van der Waals surface area contributed by atoms with E-state index in [1.54, 1.807) is 0 Å². The summed E-state index contributed by atoms with van der Waals surface area (Å²) >= 11 is 1.34. The van der Waals surface area contributed by atoms with Crippen LogP contribution in [-0.4, -0.2) is 31.3 Å². The molecule has 0 bridgehead atoms. The molecule has 0 saturated heterocycles. The van der Waals surface area contributed by atoms with E-state index in [1.165, 1.54) is 17.7 Å². The lowest BCUT2D eigenvalue weighted by atomic mass is 9.92. The number of carbonyl (C=O) groups excluding carboxylic acids is 1. The van der Waals surface area contributed by atoms with Crippen molar-refractivity contribution in [2.45, 2.75) is 5.92 Å². The summed E-state index contributed by atoms with van der Waals surface area (Å²) in [6.07, 6.45) is 1.28. The van der Waals surface area contributed by atoms with Crippen molar-refractivity contribution < 1.29 is 4.79 Å². The summed E-state index contributed by atoms with van der Waals surface area (Å²) in [6, 6.07) is 20.2. The summed E-state index contributed by atoms with van der Waals surface area (Å²) in [4.78, 5) is 15.9. The van der Waals surface area contributed by atoms with Gasteiger partial charge in [0.05, 0.1) is 5.92 Å². The first kappa shape index (κ1) is 16.1. The van der Waals surface area contributed by atoms with Crippen molar-refractivity contribution in [3.8, 4) is 0 Å². The molecule has 0 spiro atoms. The fourth-order valence-electron chi connectivity index (χ4n) is 2.64. The summed E-state index contributed by atoms with van der Waals surface area (Å²) in [7, 11) is 0. The quantitative estimate of drug-likeness (QED) is 0.569. The molecule has 0 fully saturated rings. The molecule has 0 aliphatic rings. The molecule has 8 heteroatoms. The number of nitrogens with one attached hydrogen (secondary N) is 2. The third-order valence-corrected chi connectivity index (χ3v) is 4.71. The Morgan fingerprint density at radius 2 is 1.62 bits per heavy atom. The van der Waals surface area contributed by atoms with Crippen molar-refractivity contribution in [3.05, 3.63) is 88.9 Å². The molecule has 2 aromatic carbocycles. The van der Waals surface area contributed by atoms with E-state index in [0.717, 1.165) is 16.1 Å². The monoisotopic (exact) mass is 362 g/mol. The van der Waals surface area contributed by atoms with Crippen LogP contribution in [0, 0.1) is 0 Å². The lowest BCUT2D eigenvalue weighted by Gasteiger charge is -2.14. The van der Waals surface area contributed by atoms with Gasteiger partial charge in [-0.3, -0.25) is 15.2 Å². The predicted octanol–water partition coefficient (Wildman–Crippen LogP) is 3.09. The van der Waals surface area contributed by atoms with Crippen molar-refractivity contribution in [2.75, 3.05) is 5.32 Å². The van der Waals surface area contributed by atoms with E-state index < -0.39 is 5.91 Å². The first-order valence-electron chi connectivity index (χ1n) is 7.91. The number of benzene rings is 2. The van der Waals surface area contributed by atoms with E-state index >= 15 is 0 Å². The number of nitrogens with zero attached hydrogens (tertiary/aromatic N) is 4. The zero-order chi connectivity index (χ0) is 17.8. The molecule has 4 aromatic rings. The minimum absolute atomic E-state index is 0.0502. The van der Waals surface area contributed by atoms with E-state index in [-0.39, 0.29) is 11.7 Å². The average Bonchev–Trinajstić information content (AvgIpc) is 3.36. The van der Waals surface area contributed by atoms with Gasteiger partial charge in [0.1, 0.15) is 11.3 Å². The van der Waals surface area contributed by atoms with Crippen molar-refractivity contribution in [2.24, 2.45) is 0 Å². The van der Waals surface area contributed by atoms with E-state index in [9.17, 15) is 4.79 Å². The summed E-state index contributed by atoms with van der Waals surface area (Å²) in [5, 5.41) is 18.5. The van der Waals surface area contributed by atoms with Crippen molar-refractivity contribution in [1.82, 2.24) is 25.4 Å². The molecule has 1 amide bonds. The zero-order valence-corrected chi connectivity index (χ0v) is 14.4. The van der Waals surface area contributed by atoms with Gasteiger partial charge in [-0.25, -0.2) is 4.98 Å². The van der Waals surface area contributed by atoms with Gasteiger partial charge < -0.3 is 0 Å². The normalized spacial score (nSPS) is 10.8. The first-order valence-corrected chi connectivity index (χ1v) is 8.73. The van der Waals surface area contributed by atoms with Crippen LogP contribution in [0.15, 0.2) is 67.0 Å². The van der Waals surface area contributed by atoms with Gasteiger partial charge in [0.25, 0.3) is 5.91 Å². The number of H-pyrrole nitrogens is 1. The molecule has 0 radical (unpaired) electrons. The maximum atomic E-state index is 12.1. The number of hydrogen-bond acceptors (Lipinski definition) is 6. The lowest BCUT2D eigenvalue weighted by molar-refractivity contribution is 0.101. The van der Waals surface area contributed by atoms with Crippen LogP contribution in [0.5, 0.6) is 0 Å². The molecule has 0 atom stereocenters. The molecule has 2 N–H and O–H groups in total. The van der Waals surface area contributed by atoms with Crippen LogP contribution in [-0.2, 0) is 0 Å². The van der Waals surface area contributed by atoms with Crippen LogP contribution >= 0.6 is 11.3 Å². The van der Waals surface area contributed by atoms with Gasteiger partial charge in [-0.05, 0) is 11.1 Å². The maximum absolute atomic E-state index is 12.1. The molecule has 2 aromatic heterocycles. The highest BCUT2D eigenvalue weighted by Gasteiger charge is 2.22. The molecule has 2 heterocycles. The second kappa shape index (κ2) is 7.24. The molecule has 0 aliphatic carbocycles. The molecular formula is C18H14N6OS. The Morgan fingerprint density at radius 1 is 0.962 bits per heavy atom. The van der Waals surface area contributed by atoms with Crippen LogP contribution in [0.1, 0.15) is 32.7 Å². The number of carbonyl (C=O) groups is 1. The summed E-state index contributed by atoms with van der Waals surface area (Å²) < 4.78 is 0. The molecular weight excluding hydrogens is 348 g/mol. The topological polar surface area (TPSA) is 96.5 Å². The summed E-state index contributed by atoms with van der Waals surface area (Å²) in [6.45, 7) is 0. The molecule has 7 nitrogen and oxygen atoms in total. The SMILES string of the molecule is O=C(Nc1nnc(C(c2ccccc2)c2ccccc2)s1)c1ncn[nH]1. The standard InChI is InChI=1S/C18H14N6OS/c25-16(15-19-11-20-22-15)21-18-24-23-17(26-18)14(12-7-3-1-4-8-12)13-9-5-2-6-10-13/h1-11,14H,(H,19,20,22)(H,21,24,25). The van der Waals surface area contributed by atoms with Crippen LogP contribution in [0.4, 0.5) is 5.13 Å². The van der Waals surface area contributed by atoms with Crippen molar-refractivity contribution >= 4 is 22.4 Å². The Balaban J connectivity index is 1.65. The fourth-order valence-corrected chi connectivity index (χ4v) is 3.54. The number of anilines is 1. The van der Waals surface area contributed by atoms with Crippen molar-refractivity contribution in [3.63, 3.8) is 0 Å². The fraction of sp³-hybridized carbons (Fsp3) is 0.0556. The second-order valence-electron chi connectivity index (χ2n) is 5.49. The van der Waals surface area contributed by atoms with Crippen LogP contribution < -0.4 is 5.32 Å². The summed E-state index contributed by atoms with van der Waals surface area (Å²) in [5.74, 6) is -0.323. The lowest BCUT2D eigenvalue weighted by Crippen LogP contribution is -2.13. The molecule has 4 rings (SSSR count). The first-order chi connectivity index (χ1) is 12.8. The molecule has 128 valence electrons. The number of aromatic amines is 1. The number of hydrogen-bond donors (Lipinski definition) is 2. The average molecular weight is 362 g/mol.